The lowest BCUT2D eigenvalue weighted by atomic mass is 9.66. The minimum Gasteiger partial charge on any atom is -0.299 e. The zero-order valence-corrected chi connectivity index (χ0v) is 11.7. The number of carbonyl (C=O) groups excluding carboxylic acids is 1. The van der Waals surface area contributed by atoms with E-state index in [1.807, 2.05) is 0 Å². The fraction of sp³-hybridized carbons (Fsp3) is 0.667. The Balaban J connectivity index is 1.90. The second kappa shape index (κ2) is 5.34. The highest BCUT2D eigenvalue weighted by Gasteiger charge is 2.36. The molecule has 1 aliphatic rings. The van der Waals surface area contributed by atoms with Gasteiger partial charge in [-0.3, -0.25) is 4.79 Å². The van der Waals surface area contributed by atoms with Gasteiger partial charge in [-0.1, -0.05) is 26.7 Å². The maximum absolute atomic E-state index is 12.3. The van der Waals surface area contributed by atoms with Crippen molar-refractivity contribution in [1.29, 1.82) is 0 Å². The molecule has 1 atom stereocenters. The van der Waals surface area contributed by atoms with Gasteiger partial charge < -0.3 is 0 Å². The van der Waals surface area contributed by atoms with Gasteiger partial charge in [-0.25, -0.2) is 0 Å². The third kappa shape index (κ3) is 3.19. The molecule has 0 amide bonds. The van der Waals surface area contributed by atoms with E-state index in [0.717, 1.165) is 19.3 Å². The summed E-state index contributed by atoms with van der Waals surface area (Å²) in [6.45, 7) is 4.53. The predicted molar refractivity (Wildman–Crippen MR) is 73.4 cm³/mol. The second-order valence-electron chi connectivity index (χ2n) is 5.88. The van der Waals surface area contributed by atoms with Gasteiger partial charge in [0.2, 0.25) is 0 Å². The van der Waals surface area contributed by atoms with Gasteiger partial charge in [0.1, 0.15) is 5.78 Å². The van der Waals surface area contributed by atoms with Crippen molar-refractivity contribution < 1.29 is 4.79 Å². The molecule has 1 aromatic heterocycles. The highest BCUT2D eigenvalue weighted by molar-refractivity contribution is 7.07. The van der Waals surface area contributed by atoms with Gasteiger partial charge in [-0.15, -0.1) is 0 Å². The van der Waals surface area contributed by atoms with Gasteiger partial charge in [0, 0.05) is 12.3 Å². The lowest BCUT2D eigenvalue weighted by Gasteiger charge is -2.37. The standard InChI is InChI=1S/C15H22OS/c1-15(2)9-4-3-5-13(15)14(16)7-6-12-8-10-17-11-12/h8,10-11,13H,3-7,9H2,1-2H3. The van der Waals surface area contributed by atoms with Gasteiger partial charge in [-0.2, -0.15) is 11.3 Å². The first-order chi connectivity index (χ1) is 8.09. The first kappa shape index (κ1) is 12.8. The SMILES string of the molecule is CC1(C)CCCCC1C(=O)CCc1ccsc1. The molecule has 0 N–H and O–H groups in total. The molecule has 1 fully saturated rings. The summed E-state index contributed by atoms with van der Waals surface area (Å²) in [6, 6.07) is 2.13. The van der Waals surface area contributed by atoms with Crippen molar-refractivity contribution in [3.8, 4) is 0 Å². The molecule has 0 spiro atoms. The summed E-state index contributed by atoms with van der Waals surface area (Å²) in [7, 11) is 0. The van der Waals surface area contributed by atoms with E-state index in [1.165, 1.54) is 24.8 Å². The van der Waals surface area contributed by atoms with E-state index < -0.39 is 0 Å². The minimum atomic E-state index is 0.226. The van der Waals surface area contributed by atoms with Gasteiger partial charge in [0.15, 0.2) is 0 Å². The van der Waals surface area contributed by atoms with Crippen molar-refractivity contribution in [3.63, 3.8) is 0 Å². The van der Waals surface area contributed by atoms with Crippen LogP contribution in [0.15, 0.2) is 16.8 Å². The number of carbonyl (C=O) groups is 1. The van der Waals surface area contributed by atoms with Crippen LogP contribution in [0.1, 0.15) is 51.5 Å². The lowest BCUT2D eigenvalue weighted by Crippen LogP contribution is -2.34. The summed E-state index contributed by atoms with van der Waals surface area (Å²) < 4.78 is 0. The van der Waals surface area contributed by atoms with Crippen LogP contribution >= 0.6 is 11.3 Å². The molecule has 0 bridgehead atoms. The highest BCUT2D eigenvalue weighted by atomic mass is 32.1. The maximum atomic E-state index is 12.3. The fourth-order valence-electron chi connectivity index (χ4n) is 2.97. The van der Waals surface area contributed by atoms with Crippen molar-refractivity contribution in [2.45, 2.75) is 52.4 Å². The average Bonchev–Trinajstić information content (AvgIpc) is 2.78. The molecule has 1 saturated carbocycles. The molecule has 1 aliphatic carbocycles. The van der Waals surface area contributed by atoms with Crippen LogP contribution in [0.25, 0.3) is 0 Å². The number of hydrogen-bond acceptors (Lipinski definition) is 2. The van der Waals surface area contributed by atoms with Crippen LogP contribution in [0.5, 0.6) is 0 Å². The molecule has 17 heavy (non-hydrogen) atoms. The van der Waals surface area contributed by atoms with Crippen LogP contribution in [0, 0.1) is 11.3 Å². The molecular formula is C15H22OS. The smallest absolute Gasteiger partial charge is 0.136 e. The van der Waals surface area contributed by atoms with Crippen LogP contribution in [0.2, 0.25) is 0 Å². The van der Waals surface area contributed by atoms with Crippen molar-refractivity contribution >= 4 is 17.1 Å². The molecule has 94 valence electrons. The third-order valence-electron chi connectivity index (χ3n) is 4.14. The Labute approximate surface area is 108 Å². The molecule has 1 unspecified atom stereocenters. The van der Waals surface area contributed by atoms with Gasteiger partial charge in [-0.05, 0) is 47.1 Å². The van der Waals surface area contributed by atoms with E-state index in [9.17, 15) is 4.79 Å². The fourth-order valence-corrected chi connectivity index (χ4v) is 3.67. The summed E-state index contributed by atoms with van der Waals surface area (Å²) >= 11 is 1.72. The Kier molecular flexibility index (Phi) is 4.03. The number of hydrogen-bond donors (Lipinski definition) is 0. The Bertz CT molecular complexity index is 364. The third-order valence-corrected chi connectivity index (χ3v) is 4.87. The first-order valence-electron chi connectivity index (χ1n) is 6.63. The molecule has 0 aliphatic heterocycles. The van der Waals surface area contributed by atoms with E-state index in [2.05, 4.69) is 30.7 Å². The van der Waals surface area contributed by atoms with E-state index in [-0.39, 0.29) is 5.41 Å². The number of Topliss-reactive ketones (excluding diaryl/α,β-unsaturated/α-hetero) is 1. The Morgan fingerprint density at radius 2 is 2.29 bits per heavy atom. The largest absolute Gasteiger partial charge is 0.299 e. The van der Waals surface area contributed by atoms with E-state index in [4.69, 9.17) is 0 Å². The average molecular weight is 250 g/mol. The van der Waals surface area contributed by atoms with Crippen molar-refractivity contribution in [1.82, 2.24) is 0 Å². The van der Waals surface area contributed by atoms with Crippen LogP contribution < -0.4 is 0 Å². The predicted octanol–water partition coefficient (Wildman–Crippen LogP) is 4.47. The Morgan fingerprint density at radius 3 is 2.94 bits per heavy atom. The molecular weight excluding hydrogens is 228 g/mol. The summed E-state index contributed by atoms with van der Waals surface area (Å²) in [5.74, 6) is 0.788. The molecule has 1 aromatic rings. The van der Waals surface area contributed by atoms with Crippen LogP contribution in [-0.4, -0.2) is 5.78 Å². The van der Waals surface area contributed by atoms with E-state index in [0.29, 0.717) is 11.7 Å². The van der Waals surface area contributed by atoms with Crippen LogP contribution in [0.3, 0.4) is 0 Å². The van der Waals surface area contributed by atoms with Crippen molar-refractivity contribution in [3.05, 3.63) is 22.4 Å². The zero-order valence-electron chi connectivity index (χ0n) is 10.9. The Morgan fingerprint density at radius 1 is 1.47 bits per heavy atom. The van der Waals surface area contributed by atoms with Gasteiger partial charge in [0.05, 0.1) is 0 Å². The molecule has 0 aromatic carbocycles. The summed E-state index contributed by atoms with van der Waals surface area (Å²) in [4.78, 5) is 12.3. The number of rotatable bonds is 4. The highest BCUT2D eigenvalue weighted by Crippen LogP contribution is 2.41. The second-order valence-corrected chi connectivity index (χ2v) is 6.66. The summed E-state index contributed by atoms with van der Waals surface area (Å²) in [5, 5.41) is 4.24. The number of aryl methyl sites for hydroxylation is 1. The molecule has 2 heteroatoms. The topological polar surface area (TPSA) is 17.1 Å². The monoisotopic (exact) mass is 250 g/mol. The van der Waals surface area contributed by atoms with Crippen molar-refractivity contribution in [2.24, 2.45) is 11.3 Å². The molecule has 0 saturated heterocycles. The Hall–Kier alpha value is -0.630. The van der Waals surface area contributed by atoms with Gasteiger partial charge in [0.25, 0.3) is 0 Å². The number of ketones is 1. The first-order valence-corrected chi connectivity index (χ1v) is 7.58. The zero-order chi connectivity index (χ0) is 12.3. The quantitative estimate of drug-likeness (QED) is 0.770. The van der Waals surface area contributed by atoms with Crippen LogP contribution in [0.4, 0.5) is 0 Å². The normalized spacial score (nSPS) is 23.5. The van der Waals surface area contributed by atoms with E-state index >= 15 is 0 Å². The summed E-state index contributed by atoms with van der Waals surface area (Å²) in [5.41, 5.74) is 1.54. The number of thiophene rings is 1. The van der Waals surface area contributed by atoms with E-state index in [1.54, 1.807) is 11.3 Å². The van der Waals surface area contributed by atoms with Crippen LogP contribution in [-0.2, 0) is 11.2 Å². The molecule has 1 nitrogen and oxygen atoms in total. The molecule has 1 heterocycles. The molecule has 2 rings (SSSR count). The maximum Gasteiger partial charge on any atom is 0.136 e. The van der Waals surface area contributed by atoms with Crippen molar-refractivity contribution in [2.75, 3.05) is 0 Å². The van der Waals surface area contributed by atoms with Gasteiger partial charge >= 0.3 is 0 Å². The lowest BCUT2D eigenvalue weighted by molar-refractivity contribution is -0.127. The molecule has 0 radical (unpaired) electrons. The summed E-state index contributed by atoms with van der Waals surface area (Å²) in [6.07, 6.45) is 6.50. The minimum absolute atomic E-state index is 0.226.